The first-order valence-corrected chi connectivity index (χ1v) is 7.11. The van der Waals surface area contributed by atoms with Gasteiger partial charge >= 0.3 is 5.69 Å². The van der Waals surface area contributed by atoms with E-state index in [0.717, 1.165) is 17.7 Å². The summed E-state index contributed by atoms with van der Waals surface area (Å²) in [4.78, 5) is 9.77. The fraction of sp³-hybridized carbons (Fsp3) is 0.167. The van der Waals surface area contributed by atoms with Gasteiger partial charge < -0.3 is 5.32 Å². The number of benzene rings is 1. The van der Waals surface area contributed by atoms with Gasteiger partial charge in [-0.05, 0) is 19.1 Å². The van der Waals surface area contributed by atoms with E-state index in [0.29, 0.717) is 14.4 Å². The Balaban J connectivity index is 2.20. The standard InChI is InChI=1S/C12H9Cl2FN2O2S/c1-6(8-5-11(13)20-12(8)14)16-7-2-3-10(17(18)19)9(15)4-7/h2-6,16H,1H3. The summed E-state index contributed by atoms with van der Waals surface area (Å²) >= 11 is 13.1. The van der Waals surface area contributed by atoms with Crippen LogP contribution in [0.2, 0.25) is 8.67 Å². The predicted molar refractivity (Wildman–Crippen MR) is 79.4 cm³/mol. The molecule has 0 saturated carbocycles. The lowest BCUT2D eigenvalue weighted by molar-refractivity contribution is -0.387. The second-order valence-corrected chi connectivity index (χ2v) is 6.35. The number of nitrogens with zero attached hydrogens (tertiary/aromatic N) is 1. The van der Waals surface area contributed by atoms with E-state index >= 15 is 0 Å². The Hall–Kier alpha value is -1.37. The third-order valence-corrected chi connectivity index (χ3v) is 4.20. The quantitative estimate of drug-likeness (QED) is 0.611. The van der Waals surface area contributed by atoms with Gasteiger partial charge in [0.2, 0.25) is 5.82 Å². The number of hydrogen-bond acceptors (Lipinski definition) is 4. The summed E-state index contributed by atoms with van der Waals surface area (Å²) in [6, 6.07) is 5.17. The molecule has 1 N–H and O–H groups in total. The van der Waals surface area contributed by atoms with E-state index in [4.69, 9.17) is 23.2 Å². The Labute approximate surface area is 128 Å². The van der Waals surface area contributed by atoms with Crippen molar-refractivity contribution in [3.05, 3.63) is 54.4 Å². The first-order valence-electron chi connectivity index (χ1n) is 5.53. The van der Waals surface area contributed by atoms with Crippen molar-refractivity contribution < 1.29 is 9.31 Å². The topological polar surface area (TPSA) is 55.2 Å². The van der Waals surface area contributed by atoms with Crippen LogP contribution in [-0.4, -0.2) is 4.92 Å². The third kappa shape index (κ3) is 3.20. The minimum atomic E-state index is -0.887. The highest BCUT2D eigenvalue weighted by Crippen LogP contribution is 2.36. The molecule has 8 heteroatoms. The predicted octanol–water partition coefficient (Wildman–Crippen LogP) is 5.28. The van der Waals surface area contributed by atoms with E-state index in [2.05, 4.69) is 5.32 Å². The van der Waals surface area contributed by atoms with Crippen LogP contribution in [-0.2, 0) is 0 Å². The zero-order chi connectivity index (χ0) is 14.9. The van der Waals surface area contributed by atoms with Gasteiger partial charge in [-0.25, -0.2) is 0 Å². The Morgan fingerprint density at radius 3 is 2.60 bits per heavy atom. The fourth-order valence-corrected chi connectivity index (χ4v) is 3.37. The summed E-state index contributed by atoms with van der Waals surface area (Å²) in [5, 5.41) is 13.6. The van der Waals surface area contributed by atoms with Crippen LogP contribution in [0.5, 0.6) is 0 Å². The summed E-state index contributed by atoms with van der Waals surface area (Å²) in [6.07, 6.45) is 0. The van der Waals surface area contributed by atoms with Crippen molar-refractivity contribution in [2.24, 2.45) is 0 Å². The molecule has 1 heterocycles. The Morgan fingerprint density at radius 1 is 1.40 bits per heavy atom. The molecule has 20 heavy (non-hydrogen) atoms. The highest BCUT2D eigenvalue weighted by molar-refractivity contribution is 7.20. The number of rotatable bonds is 4. The van der Waals surface area contributed by atoms with Crippen molar-refractivity contribution in [3.8, 4) is 0 Å². The minimum Gasteiger partial charge on any atom is -0.378 e. The number of hydrogen-bond donors (Lipinski definition) is 1. The van der Waals surface area contributed by atoms with Gasteiger partial charge in [0.25, 0.3) is 0 Å². The molecule has 0 aliphatic carbocycles. The summed E-state index contributed by atoms with van der Waals surface area (Å²) in [7, 11) is 0. The molecule has 106 valence electrons. The average Bonchev–Trinajstić information content (AvgIpc) is 2.68. The first kappa shape index (κ1) is 15.0. The zero-order valence-electron chi connectivity index (χ0n) is 10.2. The van der Waals surface area contributed by atoms with Crippen LogP contribution in [0.1, 0.15) is 18.5 Å². The van der Waals surface area contributed by atoms with Gasteiger partial charge in [-0.15, -0.1) is 11.3 Å². The molecule has 0 aliphatic rings. The van der Waals surface area contributed by atoms with Gasteiger partial charge in [0, 0.05) is 23.4 Å². The lowest BCUT2D eigenvalue weighted by Crippen LogP contribution is -2.06. The van der Waals surface area contributed by atoms with Crippen molar-refractivity contribution >= 4 is 45.9 Å². The van der Waals surface area contributed by atoms with Crippen LogP contribution >= 0.6 is 34.5 Å². The summed E-state index contributed by atoms with van der Waals surface area (Å²) < 4.78 is 14.6. The Kier molecular flexibility index (Phi) is 4.47. The molecule has 0 spiro atoms. The van der Waals surface area contributed by atoms with Gasteiger partial charge in [-0.2, -0.15) is 4.39 Å². The number of nitro groups is 1. The van der Waals surface area contributed by atoms with E-state index in [1.165, 1.54) is 17.4 Å². The van der Waals surface area contributed by atoms with Crippen LogP contribution in [0, 0.1) is 15.9 Å². The highest BCUT2D eigenvalue weighted by Gasteiger charge is 2.16. The monoisotopic (exact) mass is 334 g/mol. The molecule has 2 aromatic rings. The van der Waals surface area contributed by atoms with Crippen LogP contribution < -0.4 is 5.32 Å². The van der Waals surface area contributed by atoms with Gasteiger partial charge in [0.15, 0.2) is 0 Å². The van der Waals surface area contributed by atoms with Crippen LogP contribution in [0.15, 0.2) is 24.3 Å². The Morgan fingerprint density at radius 2 is 2.10 bits per heavy atom. The fourth-order valence-electron chi connectivity index (χ4n) is 1.72. The van der Waals surface area contributed by atoms with Gasteiger partial charge in [0.05, 0.1) is 19.6 Å². The Bertz CT molecular complexity index is 663. The van der Waals surface area contributed by atoms with Crippen molar-refractivity contribution in [3.63, 3.8) is 0 Å². The van der Waals surface area contributed by atoms with Crippen molar-refractivity contribution in [2.45, 2.75) is 13.0 Å². The van der Waals surface area contributed by atoms with E-state index in [1.807, 2.05) is 6.92 Å². The highest BCUT2D eigenvalue weighted by atomic mass is 35.5. The maximum atomic E-state index is 13.5. The second-order valence-electron chi connectivity index (χ2n) is 4.07. The van der Waals surface area contributed by atoms with Crippen molar-refractivity contribution in [1.29, 1.82) is 0 Å². The lowest BCUT2D eigenvalue weighted by atomic mass is 10.1. The number of anilines is 1. The molecule has 1 aromatic carbocycles. The molecule has 2 rings (SSSR count). The van der Waals surface area contributed by atoms with Gasteiger partial charge in [0.1, 0.15) is 0 Å². The summed E-state index contributed by atoms with van der Waals surface area (Å²) in [5.74, 6) is -0.887. The minimum absolute atomic E-state index is 0.202. The van der Waals surface area contributed by atoms with Gasteiger partial charge in [-0.3, -0.25) is 10.1 Å². The summed E-state index contributed by atoms with van der Waals surface area (Å²) in [6.45, 7) is 1.84. The molecule has 0 bridgehead atoms. The largest absolute Gasteiger partial charge is 0.378 e. The van der Waals surface area contributed by atoms with E-state index < -0.39 is 16.4 Å². The molecule has 4 nitrogen and oxygen atoms in total. The molecule has 0 saturated heterocycles. The summed E-state index contributed by atoms with van der Waals surface area (Å²) in [5.41, 5.74) is 0.666. The lowest BCUT2D eigenvalue weighted by Gasteiger charge is -2.14. The molecule has 0 amide bonds. The van der Waals surface area contributed by atoms with E-state index in [1.54, 1.807) is 6.07 Å². The molecular formula is C12H9Cl2FN2O2S. The second kappa shape index (κ2) is 5.95. The average molecular weight is 335 g/mol. The van der Waals surface area contributed by atoms with Crippen molar-refractivity contribution in [2.75, 3.05) is 5.32 Å². The zero-order valence-corrected chi connectivity index (χ0v) is 12.5. The van der Waals surface area contributed by atoms with Crippen LogP contribution in [0.25, 0.3) is 0 Å². The van der Waals surface area contributed by atoms with E-state index in [-0.39, 0.29) is 6.04 Å². The maximum Gasteiger partial charge on any atom is 0.304 e. The van der Waals surface area contributed by atoms with Gasteiger partial charge in [-0.1, -0.05) is 23.2 Å². The van der Waals surface area contributed by atoms with Crippen LogP contribution in [0.3, 0.4) is 0 Å². The van der Waals surface area contributed by atoms with Crippen LogP contribution in [0.4, 0.5) is 15.8 Å². The number of nitro benzene ring substituents is 1. The molecule has 1 aromatic heterocycles. The number of halogens is 3. The smallest absolute Gasteiger partial charge is 0.304 e. The maximum absolute atomic E-state index is 13.5. The first-order chi connectivity index (χ1) is 9.38. The molecule has 0 fully saturated rings. The molecular weight excluding hydrogens is 326 g/mol. The number of thiophene rings is 1. The molecule has 0 aliphatic heterocycles. The molecule has 0 radical (unpaired) electrons. The normalized spacial score (nSPS) is 12.2. The number of nitrogens with one attached hydrogen (secondary N) is 1. The molecule has 1 atom stereocenters. The van der Waals surface area contributed by atoms with Crippen molar-refractivity contribution in [1.82, 2.24) is 0 Å². The van der Waals surface area contributed by atoms with E-state index in [9.17, 15) is 14.5 Å². The SMILES string of the molecule is CC(Nc1ccc([N+](=O)[O-])c(F)c1)c1cc(Cl)sc1Cl. The third-order valence-electron chi connectivity index (χ3n) is 2.68. The molecule has 1 unspecified atom stereocenters.